The summed E-state index contributed by atoms with van der Waals surface area (Å²) in [5.41, 5.74) is 2.56. The van der Waals surface area contributed by atoms with Crippen molar-refractivity contribution in [3.63, 3.8) is 0 Å². The number of allylic oxidation sites excluding steroid dienone is 2. The Hall–Kier alpha value is -1.58. The van der Waals surface area contributed by atoms with Crippen molar-refractivity contribution in [2.24, 2.45) is 0 Å². The Labute approximate surface area is 130 Å². The first kappa shape index (κ1) is 15.8. The monoisotopic (exact) mass is 306 g/mol. The van der Waals surface area contributed by atoms with Crippen molar-refractivity contribution >= 4 is 23.1 Å². The van der Waals surface area contributed by atoms with E-state index >= 15 is 0 Å². The van der Waals surface area contributed by atoms with E-state index in [0.717, 1.165) is 11.1 Å². The number of benzene rings is 1. The van der Waals surface area contributed by atoms with Crippen molar-refractivity contribution in [2.75, 3.05) is 20.3 Å². The molecule has 0 radical (unpaired) electrons. The molecule has 0 aliphatic heterocycles. The van der Waals surface area contributed by atoms with Crippen LogP contribution in [0.25, 0.3) is 5.57 Å². The van der Waals surface area contributed by atoms with Crippen molar-refractivity contribution in [1.82, 2.24) is 0 Å². The SMILES string of the molecule is CCOC(=O)C1=CC=C(c2ccccc2)C(Cl)(COC)C1. The summed E-state index contributed by atoms with van der Waals surface area (Å²) in [6, 6.07) is 9.89. The average molecular weight is 307 g/mol. The number of rotatable bonds is 5. The molecular weight excluding hydrogens is 288 g/mol. The molecule has 0 N–H and O–H groups in total. The lowest BCUT2D eigenvalue weighted by Gasteiger charge is -2.32. The van der Waals surface area contributed by atoms with Gasteiger partial charge in [-0.15, -0.1) is 11.6 Å². The summed E-state index contributed by atoms with van der Waals surface area (Å²) in [5.74, 6) is -0.318. The second-order valence-electron chi connectivity index (χ2n) is 4.93. The van der Waals surface area contributed by atoms with Gasteiger partial charge in [0.25, 0.3) is 0 Å². The molecule has 0 amide bonds. The summed E-state index contributed by atoms with van der Waals surface area (Å²) in [7, 11) is 1.61. The van der Waals surface area contributed by atoms with Crippen LogP contribution in [0.5, 0.6) is 0 Å². The zero-order valence-corrected chi connectivity index (χ0v) is 13.0. The maximum atomic E-state index is 11.9. The van der Waals surface area contributed by atoms with Crippen LogP contribution in [0.4, 0.5) is 0 Å². The van der Waals surface area contributed by atoms with Gasteiger partial charge in [0.15, 0.2) is 0 Å². The number of ether oxygens (including phenoxy) is 2. The van der Waals surface area contributed by atoms with E-state index in [1.807, 2.05) is 36.4 Å². The Morgan fingerprint density at radius 1 is 1.29 bits per heavy atom. The average Bonchev–Trinajstić information content (AvgIpc) is 2.48. The topological polar surface area (TPSA) is 35.5 Å². The summed E-state index contributed by atoms with van der Waals surface area (Å²) in [6.45, 7) is 2.46. The van der Waals surface area contributed by atoms with E-state index < -0.39 is 4.87 Å². The van der Waals surface area contributed by atoms with Gasteiger partial charge in [0.1, 0.15) is 0 Å². The maximum Gasteiger partial charge on any atom is 0.334 e. The number of carbonyl (C=O) groups is 1. The van der Waals surface area contributed by atoms with Crippen molar-refractivity contribution in [1.29, 1.82) is 0 Å². The van der Waals surface area contributed by atoms with Crippen LogP contribution in [-0.4, -0.2) is 31.2 Å². The van der Waals surface area contributed by atoms with Crippen LogP contribution >= 0.6 is 11.6 Å². The minimum atomic E-state index is -0.757. The molecule has 0 bridgehead atoms. The fraction of sp³-hybridized carbons (Fsp3) is 0.353. The van der Waals surface area contributed by atoms with Crippen LogP contribution in [0.2, 0.25) is 0 Å². The minimum Gasteiger partial charge on any atom is -0.463 e. The standard InChI is InChI=1S/C17H19ClO3/c1-3-21-16(19)14-9-10-15(13-7-5-4-6-8-13)17(18,11-14)12-20-2/h4-10H,3,11-12H2,1-2H3. The van der Waals surface area contributed by atoms with Crippen LogP contribution in [0.15, 0.2) is 48.1 Å². The van der Waals surface area contributed by atoms with Gasteiger partial charge in [-0.25, -0.2) is 4.79 Å². The molecule has 0 aromatic heterocycles. The maximum absolute atomic E-state index is 11.9. The fourth-order valence-corrected chi connectivity index (χ4v) is 2.91. The summed E-state index contributed by atoms with van der Waals surface area (Å²) < 4.78 is 10.3. The molecule has 112 valence electrons. The van der Waals surface area contributed by atoms with Crippen molar-refractivity contribution in [3.8, 4) is 0 Å². The van der Waals surface area contributed by atoms with Crippen molar-refractivity contribution in [2.45, 2.75) is 18.2 Å². The van der Waals surface area contributed by atoms with Gasteiger partial charge in [0.05, 0.1) is 18.1 Å². The van der Waals surface area contributed by atoms with Crippen molar-refractivity contribution < 1.29 is 14.3 Å². The summed E-state index contributed by atoms with van der Waals surface area (Å²) in [5, 5.41) is 0. The van der Waals surface area contributed by atoms with Gasteiger partial charge >= 0.3 is 5.97 Å². The van der Waals surface area contributed by atoms with Crippen LogP contribution in [0.3, 0.4) is 0 Å². The Bertz CT molecular complexity index is 563. The third-order valence-corrected chi connectivity index (χ3v) is 3.85. The number of alkyl halides is 1. The summed E-state index contributed by atoms with van der Waals surface area (Å²) in [6.07, 6.45) is 4.07. The van der Waals surface area contributed by atoms with E-state index in [4.69, 9.17) is 21.1 Å². The van der Waals surface area contributed by atoms with E-state index in [2.05, 4.69) is 0 Å². The number of hydrogen-bond donors (Lipinski definition) is 0. The molecule has 1 aliphatic rings. The summed E-state index contributed by atoms with van der Waals surface area (Å²) in [4.78, 5) is 11.2. The Kier molecular flexibility index (Phi) is 5.21. The molecule has 2 rings (SSSR count). The van der Waals surface area contributed by atoms with E-state index in [0.29, 0.717) is 25.2 Å². The molecule has 0 saturated carbocycles. The number of hydrogen-bond acceptors (Lipinski definition) is 3. The largest absolute Gasteiger partial charge is 0.463 e. The predicted octanol–water partition coefficient (Wildman–Crippen LogP) is 3.59. The molecule has 21 heavy (non-hydrogen) atoms. The zero-order valence-electron chi connectivity index (χ0n) is 12.3. The number of carbonyl (C=O) groups excluding carboxylic acids is 1. The molecule has 1 aromatic carbocycles. The third-order valence-electron chi connectivity index (χ3n) is 3.40. The highest BCUT2D eigenvalue weighted by molar-refractivity contribution is 6.31. The fourth-order valence-electron chi connectivity index (χ4n) is 2.48. The first-order chi connectivity index (χ1) is 10.1. The van der Waals surface area contributed by atoms with Gasteiger partial charge in [-0.1, -0.05) is 42.5 Å². The highest BCUT2D eigenvalue weighted by Gasteiger charge is 2.37. The quantitative estimate of drug-likeness (QED) is 0.616. The molecule has 3 nitrogen and oxygen atoms in total. The molecule has 0 fully saturated rings. The zero-order chi connectivity index (χ0) is 15.3. The van der Waals surface area contributed by atoms with Crippen LogP contribution in [0.1, 0.15) is 18.9 Å². The molecule has 0 spiro atoms. The lowest BCUT2D eigenvalue weighted by Crippen LogP contribution is -2.33. The highest BCUT2D eigenvalue weighted by atomic mass is 35.5. The third kappa shape index (κ3) is 3.55. The van der Waals surface area contributed by atoms with Crippen molar-refractivity contribution in [3.05, 3.63) is 53.6 Å². The minimum absolute atomic E-state index is 0.318. The molecule has 4 heteroatoms. The van der Waals surface area contributed by atoms with Crippen LogP contribution in [0, 0.1) is 0 Å². The van der Waals surface area contributed by atoms with Gasteiger partial charge in [-0.05, 0) is 18.1 Å². The lowest BCUT2D eigenvalue weighted by atomic mass is 9.83. The van der Waals surface area contributed by atoms with Gasteiger partial charge < -0.3 is 9.47 Å². The Morgan fingerprint density at radius 3 is 2.62 bits per heavy atom. The first-order valence-corrected chi connectivity index (χ1v) is 7.30. The Balaban J connectivity index is 2.38. The smallest absolute Gasteiger partial charge is 0.334 e. The number of esters is 1. The molecule has 0 heterocycles. The van der Waals surface area contributed by atoms with Gasteiger partial charge in [-0.2, -0.15) is 0 Å². The predicted molar refractivity (Wildman–Crippen MR) is 84.2 cm³/mol. The molecule has 1 aromatic rings. The number of methoxy groups -OCH3 is 1. The van der Waals surface area contributed by atoms with Crippen LogP contribution < -0.4 is 0 Å². The number of halogens is 1. The van der Waals surface area contributed by atoms with E-state index in [1.165, 1.54) is 0 Å². The van der Waals surface area contributed by atoms with Gasteiger partial charge in [0, 0.05) is 19.1 Å². The van der Waals surface area contributed by atoms with E-state index in [-0.39, 0.29) is 5.97 Å². The Morgan fingerprint density at radius 2 is 2.00 bits per heavy atom. The molecule has 1 unspecified atom stereocenters. The molecule has 1 atom stereocenters. The first-order valence-electron chi connectivity index (χ1n) is 6.92. The lowest BCUT2D eigenvalue weighted by molar-refractivity contribution is -0.138. The van der Waals surface area contributed by atoms with E-state index in [1.54, 1.807) is 20.1 Å². The van der Waals surface area contributed by atoms with Crippen LogP contribution in [-0.2, 0) is 14.3 Å². The molecule has 0 saturated heterocycles. The summed E-state index contributed by atoms with van der Waals surface area (Å²) >= 11 is 6.77. The van der Waals surface area contributed by atoms with Gasteiger partial charge in [-0.3, -0.25) is 0 Å². The highest BCUT2D eigenvalue weighted by Crippen LogP contribution is 2.41. The van der Waals surface area contributed by atoms with E-state index in [9.17, 15) is 4.79 Å². The second-order valence-corrected chi connectivity index (χ2v) is 5.66. The normalized spacial score (nSPS) is 21.5. The molecule has 1 aliphatic carbocycles. The second kappa shape index (κ2) is 6.92. The van der Waals surface area contributed by atoms with Gasteiger partial charge in [0.2, 0.25) is 0 Å². The molecular formula is C17H19ClO3.